The number of ether oxygens (including phenoxy) is 12. The Balaban J connectivity index is 0.000000199. The quantitative estimate of drug-likeness (QED) is 0.00690. The molecule has 814 valence electrons. The van der Waals surface area contributed by atoms with E-state index < -0.39 is 119 Å². The Hall–Kier alpha value is -10.5. The van der Waals surface area contributed by atoms with Crippen molar-refractivity contribution in [2.24, 2.45) is 17.8 Å². The van der Waals surface area contributed by atoms with Crippen LogP contribution in [0.2, 0.25) is 30.1 Å². The second kappa shape index (κ2) is 54.4. The van der Waals surface area contributed by atoms with E-state index >= 15 is 0 Å². The molecule has 6 heterocycles. The van der Waals surface area contributed by atoms with E-state index in [4.69, 9.17) is 128 Å². The van der Waals surface area contributed by atoms with Gasteiger partial charge in [0.2, 0.25) is 20.0 Å². The van der Waals surface area contributed by atoms with Crippen molar-refractivity contribution in [3.05, 3.63) is 242 Å². The van der Waals surface area contributed by atoms with Crippen LogP contribution in [-0.2, 0) is 77.0 Å². The Morgan fingerprint density at radius 2 is 0.733 bits per heavy atom. The van der Waals surface area contributed by atoms with Gasteiger partial charge in [-0.05, 0) is 178 Å². The van der Waals surface area contributed by atoms with Gasteiger partial charge >= 0.3 is 49.7 Å². The van der Waals surface area contributed by atoms with Crippen LogP contribution in [0.15, 0.2) is 161 Å². The van der Waals surface area contributed by atoms with E-state index in [1.165, 1.54) is 149 Å². The third-order valence-electron chi connectivity index (χ3n) is 22.4. The van der Waals surface area contributed by atoms with Crippen molar-refractivity contribution in [1.82, 2.24) is 24.1 Å². The van der Waals surface area contributed by atoms with E-state index in [2.05, 4.69) is 24.8 Å². The Kier molecular flexibility index (Phi) is 43.4. The first kappa shape index (κ1) is 120. The average molecular weight is 2360 g/mol. The zero-order valence-electron chi connectivity index (χ0n) is 80.0. The summed E-state index contributed by atoms with van der Waals surface area (Å²) in [5, 5.41) is 56.4. The number of nitrogens with zero attached hydrogens (tertiary/aromatic N) is 6. The molecule has 56 heteroatoms. The number of esters is 3. The van der Waals surface area contributed by atoms with E-state index in [9.17, 15) is 101 Å². The van der Waals surface area contributed by atoms with Gasteiger partial charge in [0.1, 0.15) is 76.8 Å². The van der Waals surface area contributed by atoms with Gasteiger partial charge in [0.25, 0.3) is 15.0 Å². The average Bonchev–Trinajstić information content (AvgIpc) is 1.09. The zero-order chi connectivity index (χ0) is 110. The molecule has 0 bridgehead atoms. The number of alkyl halides is 6. The number of sulfonamides is 2. The maximum atomic E-state index is 13.9. The Morgan fingerprint density at radius 1 is 0.440 bits per heavy atom. The largest absolute Gasteiger partial charge is 0.619 e. The number of pyridine rings is 3. The fourth-order valence-corrected chi connectivity index (χ4v) is 24.1. The highest BCUT2D eigenvalue weighted by molar-refractivity contribution is 8.13. The lowest BCUT2D eigenvalue weighted by Gasteiger charge is -2.26. The number of amides is 1. The van der Waals surface area contributed by atoms with Crippen molar-refractivity contribution < 1.29 is 162 Å². The maximum Gasteiger partial charge on any atom is 0.387 e. The molecule has 9 aromatic rings. The van der Waals surface area contributed by atoms with E-state index in [0.29, 0.717) is 44.4 Å². The van der Waals surface area contributed by atoms with Gasteiger partial charge in [-0.2, -0.15) is 49.1 Å². The van der Waals surface area contributed by atoms with Crippen LogP contribution in [0, 0.1) is 33.4 Å². The molecule has 6 fully saturated rings. The van der Waals surface area contributed by atoms with Gasteiger partial charge in [-0.3, -0.25) is 10.1 Å². The predicted molar refractivity (Wildman–Crippen MR) is 541 cm³/mol. The topological polar surface area (TPSA) is 471 Å². The van der Waals surface area contributed by atoms with Gasteiger partial charge in [-0.15, -0.1) is 35.3 Å². The summed E-state index contributed by atoms with van der Waals surface area (Å²) >= 11 is 41.3. The first-order chi connectivity index (χ1) is 71.0. The number of aromatic nitrogens is 3. The van der Waals surface area contributed by atoms with Crippen LogP contribution in [0.5, 0.6) is 51.7 Å². The molecule has 37 nitrogen and oxygen atoms in total. The van der Waals surface area contributed by atoms with Gasteiger partial charge in [-0.25, -0.2) is 49.2 Å². The van der Waals surface area contributed by atoms with Gasteiger partial charge in [0.05, 0.1) is 61.4 Å². The number of carboxylic acid groups (broad SMARTS) is 2. The molecule has 4 N–H and O–H groups in total. The summed E-state index contributed by atoms with van der Waals surface area (Å²) in [6.45, 7) is -7.88. The number of carboxylic acids is 2. The van der Waals surface area contributed by atoms with Gasteiger partial charge in [-0.1, -0.05) is 87.8 Å². The fraction of sp³-hybridized carbons (Fsp3) is 0.394. The Bertz CT molecular complexity index is 6660. The molecule has 0 radical (unpaired) electrons. The van der Waals surface area contributed by atoms with E-state index in [-0.39, 0.29) is 204 Å². The first-order valence-electron chi connectivity index (χ1n) is 44.9. The lowest BCUT2D eigenvalue weighted by Crippen LogP contribution is -2.40. The van der Waals surface area contributed by atoms with E-state index in [1.807, 2.05) is 14.1 Å². The van der Waals surface area contributed by atoms with E-state index in [0.717, 1.165) is 126 Å². The van der Waals surface area contributed by atoms with Gasteiger partial charge in [0.15, 0.2) is 87.8 Å². The molecule has 15 rings (SSSR count). The molecule has 1 amide bonds. The molecule has 3 aliphatic carbocycles. The van der Waals surface area contributed by atoms with Gasteiger partial charge < -0.3 is 92.9 Å². The summed E-state index contributed by atoms with van der Waals surface area (Å²) in [6.07, 6.45) is 8.61. The molecule has 6 aliphatic rings. The number of halogens is 13. The molecular formula is C94H97Cl7F6N8O29S6. The van der Waals surface area contributed by atoms with Crippen molar-refractivity contribution >= 4 is 180 Å². The van der Waals surface area contributed by atoms with Crippen LogP contribution in [0.4, 0.5) is 26.3 Å². The number of aromatic carboxylic acids is 2. The number of hydrogen-bond acceptors (Lipinski definition) is 32. The van der Waals surface area contributed by atoms with Crippen LogP contribution in [-0.4, -0.2) is 227 Å². The summed E-state index contributed by atoms with van der Waals surface area (Å²) in [5.41, 5.74) is 1.25. The van der Waals surface area contributed by atoms with Crippen LogP contribution in [0.1, 0.15) is 121 Å². The summed E-state index contributed by atoms with van der Waals surface area (Å²) in [7, 11) is 3.02. The fourth-order valence-electron chi connectivity index (χ4n) is 14.5. The number of rotatable bonds is 41. The maximum absolute atomic E-state index is 13.9. The Morgan fingerprint density at radius 3 is 1.01 bits per heavy atom. The number of carbonyl (C=O) groups is 6. The van der Waals surface area contributed by atoms with Crippen LogP contribution < -0.4 is 67.5 Å². The second-order valence-corrected chi connectivity index (χ2v) is 45.9. The zero-order valence-corrected chi connectivity index (χ0v) is 90.2. The molecule has 3 aliphatic heterocycles. The SMILES string of the molecule is CNC.COc1ccc(S(=O)(=O)Cl)cc1C(=O)O.COc1ccc(S(=O)(=O)N2CCSC2C(=O)O[C@@H](Cc2c(Cl)c[n+]([O-])cc2Cl)c2ccc(OC(F)F)c(OCC3CC3)c2)cc1C(=O)N(C)C.COc1ccc(S(=O)(=O)N2CCSC2C(=O)O[C@@H](Cc2c(Cl)c[n+]([O-])cc2Cl)c2ccc(OC(F)F)c(OCC3CC3)c2)cc1C(=O)O.O=C(O[C@@H](Cc1c(Cl)c[n+]([O-])cc1Cl)c1ccc(OC(F)F)c(OCC2CC2)c1)C1NCCS1. The minimum atomic E-state index is -4.42. The number of carbonyl (C=O) groups excluding carboxylic acids is 4. The molecule has 150 heavy (non-hydrogen) atoms. The minimum absolute atomic E-state index is 0.0135. The molecule has 3 unspecified atom stereocenters. The monoisotopic (exact) mass is 2350 g/mol. The lowest BCUT2D eigenvalue weighted by molar-refractivity contribution is -0.605. The third-order valence-corrected chi connectivity index (χ3v) is 33.2. The van der Waals surface area contributed by atoms with Gasteiger partial charge in [0, 0.05) is 97.6 Å². The van der Waals surface area contributed by atoms with Crippen LogP contribution >= 0.6 is 116 Å². The molecular weight excluding hydrogens is 2260 g/mol. The highest BCUT2D eigenvalue weighted by Crippen LogP contribution is 2.46. The molecule has 0 spiro atoms. The van der Waals surface area contributed by atoms with Crippen LogP contribution in [0.3, 0.4) is 0 Å². The number of thioether (sulfide) groups is 3. The van der Waals surface area contributed by atoms with Crippen molar-refractivity contribution in [2.75, 3.05) is 106 Å². The number of benzene rings is 6. The normalized spacial score (nSPS) is 16.6. The third kappa shape index (κ3) is 33.1. The summed E-state index contributed by atoms with van der Waals surface area (Å²) in [4.78, 5) is 76.2. The summed E-state index contributed by atoms with van der Waals surface area (Å²) in [5.74, 6) is -3.76. The summed E-state index contributed by atoms with van der Waals surface area (Å²) < 4.78 is 223. The predicted octanol–water partition coefficient (Wildman–Crippen LogP) is 16.3. The standard InChI is InChI=1S/C32H33Cl2F2N3O9S2.C30H28Cl2F2N2O10S2.C22H22Cl2F2N2O5S.C8H7ClO5S.C2H7N/c1-37(2)29(40)22-13-20(7-9-25(22)45-3)50(43,44)39-10-11-49-30(39)31(41)47-27(14-21-23(33)15-38(42)16-24(21)34)19-6-8-26(48-32(35)36)28(12-19)46-17-18-4-5-18;1-43-23-7-5-18(11-20(23)28(37)38)48(41,42)36-8-9-47-27(36)29(39)45-25(12-19-21(31)13-35(40)14-22(19)32)17-4-6-24(46-30(33)34)26(10-17)44-15-16-2-3-16;23-15-9-28(30)10-16(24)14(15)8-18(32-21(29)20-27-5-6-34-20)13-3-4-17(33-22(25)26)19(7-13)31-11-12-1-2-12;1-14-7-3-2-5(15(9,12)13)4-6(7)8(10)11;1-3-2/h6-9,12-13,15-16,18,27,30,32H,4-5,10-11,14,17H2,1-3H3;4-7,10-11,13-14,16,25,27,30H,2-3,8-9,12,15H2,1H3,(H,37,38);3-4,7,9-10,12,18,20,22,27H,1-2,5-6,8,11H2;2-4H,1H3,(H,10,11);3H,1-2H3/t27-,30?;25-,27?;18-,20?;;/m000../s1. The highest BCUT2D eigenvalue weighted by atomic mass is 35.7. The van der Waals surface area contributed by atoms with Crippen molar-refractivity contribution in [3.63, 3.8) is 0 Å². The van der Waals surface area contributed by atoms with Crippen molar-refractivity contribution in [1.29, 1.82) is 0 Å². The minimum Gasteiger partial charge on any atom is -0.619 e. The number of hydrogen-bond donors (Lipinski definition) is 4. The second-order valence-electron chi connectivity index (χ2n) is 33.5. The highest BCUT2D eigenvalue weighted by Gasteiger charge is 2.46. The van der Waals surface area contributed by atoms with Crippen molar-refractivity contribution in [2.45, 2.75) is 127 Å². The van der Waals surface area contributed by atoms with Crippen molar-refractivity contribution in [3.8, 4) is 51.7 Å². The smallest absolute Gasteiger partial charge is 0.387 e. The number of nitrogens with one attached hydrogen (secondary N) is 2. The summed E-state index contributed by atoms with van der Waals surface area (Å²) in [6, 6.07) is 22.9. The molecule has 3 aromatic heterocycles. The molecule has 3 saturated heterocycles. The van der Waals surface area contributed by atoms with Crippen LogP contribution in [0.25, 0.3) is 0 Å². The first-order valence-corrected chi connectivity index (χ1v) is 55.5. The number of methoxy groups -OCH3 is 3. The molecule has 3 saturated carbocycles. The molecule has 6 atom stereocenters. The Labute approximate surface area is 904 Å². The lowest BCUT2D eigenvalue weighted by atomic mass is 10.0. The van der Waals surface area contributed by atoms with E-state index in [1.54, 1.807) is 0 Å². The molecule has 6 aromatic carbocycles.